The Balaban J connectivity index is 2.71. The standard InChI is InChI=1S/C15H21FO3/c1-10(2)19-13-6-5-11(9-12(13)16)7-8-15(3,4)14(17)18/h5-6,9-10H,7-8H2,1-4H3,(H,17,18). The van der Waals surface area contributed by atoms with Crippen molar-refractivity contribution in [3.63, 3.8) is 0 Å². The molecule has 0 aliphatic rings. The predicted octanol–water partition coefficient (Wildman–Crippen LogP) is 3.66. The lowest BCUT2D eigenvalue weighted by Crippen LogP contribution is -2.24. The average molecular weight is 268 g/mol. The minimum atomic E-state index is -0.840. The van der Waals surface area contributed by atoms with Crippen molar-refractivity contribution in [2.45, 2.75) is 46.6 Å². The number of ether oxygens (including phenoxy) is 1. The van der Waals surface area contributed by atoms with E-state index in [-0.39, 0.29) is 11.9 Å². The molecular formula is C15H21FO3. The number of aliphatic carboxylic acids is 1. The first kappa shape index (κ1) is 15.5. The first-order valence-electron chi connectivity index (χ1n) is 6.41. The van der Waals surface area contributed by atoms with Crippen molar-refractivity contribution in [3.05, 3.63) is 29.6 Å². The molecule has 19 heavy (non-hydrogen) atoms. The Kier molecular flexibility index (Phi) is 4.92. The summed E-state index contributed by atoms with van der Waals surface area (Å²) in [5.41, 5.74) is -0.0215. The van der Waals surface area contributed by atoms with Crippen LogP contribution in [0.25, 0.3) is 0 Å². The number of carbonyl (C=O) groups is 1. The molecule has 0 aliphatic heterocycles. The van der Waals surface area contributed by atoms with Crippen LogP contribution in [0.2, 0.25) is 0 Å². The molecule has 0 radical (unpaired) electrons. The highest BCUT2D eigenvalue weighted by Gasteiger charge is 2.26. The van der Waals surface area contributed by atoms with Crippen LogP contribution in [0.4, 0.5) is 4.39 Å². The van der Waals surface area contributed by atoms with Gasteiger partial charge in [-0.15, -0.1) is 0 Å². The first-order valence-corrected chi connectivity index (χ1v) is 6.41. The van der Waals surface area contributed by atoms with Gasteiger partial charge in [-0.1, -0.05) is 6.07 Å². The molecule has 0 aromatic heterocycles. The van der Waals surface area contributed by atoms with E-state index in [2.05, 4.69) is 0 Å². The van der Waals surface area contributed by atoms with E-state index in [0.29, 0.717) is 12.8 Å². The molecule has 0 bridgehead atoms. The Morgan fingerprint density at radius 2 is 2.05 bits per heavy atom. The summed E-state index contributed by atoms with van der Waals surface area (Å²) in [7, 11) is 0. The summed E-state index contributed by atoms with van der Waals surface area (Å²) in [5, 5.41) is 9.02. The van der Waals surface area contributed by atoms with Crippen molar-refractivity contribution in [3.8, 4) is 5.75 Å². The zero-order valence-electron chi connectivity index (χ0n) is 11.9. The fourth-order valence-corrected chi connectivity index (χ4v) is 1.61. The van der Waals surface area contributed by atoms with Gasteiger partial charge in [0.05, 0.1) is 11.5 Å². The molecular weight excluding hydrogens is 247 g/mol. The van der Waals surface area contributed by atoms with E-state index >= 15 is 0 Å². The van der Waals surface area contributed by atoms with Gasteiger partial charge in [-0.05, 0) is 58.2 Å². The van der Waals surface area contributed by atoms with E-state index < -0.39 is 17.2 Å². The monoisotopic (exact) mass is 268 g/mol. The van der Waals surface area contributed by atoms with Crippen molar-refractivity contribution in [1.29, 1.82) is 0 Å². The van der Waals surface area contributed by atoms with E-state index in [9.17, 15) is 9.18 Å². The lowest BCUT2D eigenvalue weighted by Gasteiger charge is -2.19. The van der Waals surface area contributed by atoms with Crippen LogP contribution in [0.15, 0.2) is 18.2 Å². The van der Waals surface area contributed by atoms with Crippen LogP contribution in [0.1, 0.15) is 39.7 Å². The number of carboxylic acid groups (broad SMARTS) is 1. The zero-order valence-corrected chi connectivity index (χ0v) is 11.9. The maximum atomic E-state index is 13.7. The van der Waals surface area contributed by atoms with Gasteiger partial charge in [0, 0.05) is 0 Å². The predicted molar refractivity (Wildman–Crippen MR) is 71.9 cm³/mol. The van der Waals surface area contributed by atoms with Gasteiger partial charge in [0.2, 0.25) is 0 Å². The van der Waals surface area contributed by atoms with Crippen LogP contribution in [-0.2, 0) is 11.2 Å². The van der Waals surface area contributed by atoms with Crippen molar-refractivity contribution < 1.29 is 19.0 Å². The Bertz CT molecular complexity index is 453. The van der Waals surface area contributed by atoms with Crippen molar-refractivity contribution in [2.75, 3.05) is 0 Å². The largest absolute Gasteiger partial charge is 0.488 e. The number of hydrogen-bond acceptors (Lipinski definition) is 2. The third kappa shape index (κ3) is 4.54. The summed E-state index contributed by atoms with van der Waals surface area (Å²) in [6.45, 7) is 7.01. The van der Waals surface area contributed by atoms with Crippen molar-refractivity contribution in [2.24, 2.45) is 5.41 Å². The fourth-order valence-electron chi connectivity index (χ4n) is 1.61. The Morgan fingerprint density at radius 1 is 1.42 bits per heavy atom. The van der Waals surface area contributed by atoms with Gasteiger partial charge < -0.3 is 9.84 Å². The minimum Gasteiger partial charge on any atom is -0.488 e. The van der Waals surface area contributed by atoms with Crippen LogP contribution in [-0.4, -0.2) is 17.2 Å². The lowest BCUT2D eigenvalue weighted by atomic mass is 9.86. The molecule has 1 aromatic carbocycles. The molecule has 0 amide bonds. The topological polar surface area (TPSA) is 46.5 Å². The molecule has 0 unspecified atom stereocenters. The van der Waals surface area contributed by atoms with Crippen LogP contribution in [0.3, 0.4) is 0 Å². The van der Waals surface area contributed by atoms with E-state index in [1.54, 1.807) is 26.0 Å². The van der Waals surface area contributed by atoms with Gasteiger partial charge in [0.25, 0.3) is 0 Å². The summed E-state index contributed by atoms with van der Waals surface area (Å²) in [4.78, 5) is 11.0. The first-order chi connectivity index (χ1) is 8.72. The molecule has 0 saturated carbocycles. The molecule has 1 rings (SSSR count). The number of halogens is 1. The summed E-state index contributed by atoms with van der Waals surface area (Å²) in [6, 6.07) is 4.78. The molecule has 1 N–H and O–H groups in total. The molecule has 0 saturated heterocycles. The molecule has 0 aliphatic carbocycles. The lowest BCUT2D eigenvalue weighted by molar-refractivity contribution is -0.147. The van der Waals surface area contributed by atoms with Crippen molar-refractivity contribution >= 4 is 5.97 Å². The minimum absolute atomic E-state index is 0.0775. The molecule has 0 spiro atoms. The average Bonchev–Trinajstić information content (AvgIpc) is 2.29. The molecule has 0 atom stereocenters. The molecule has 3 nitrogen and oxygen atoms in total. The summed E-state index contributed by atoms with van der Waals surface area (Å²) in [5.74, 6) is -1.01. The number of hydrogen-bond donors (Lipinski definition) is 1. The SMILES string of the molecule is CC(C)Oc1ccc(CCC(C)(C)C(=O)O)cc1F. The molecule has 4 heteroatoms. The summed E-state index contributed by atoms with van der Waals surface area (Å²) >= 11 is 0. The third-order valence-electron chi connectivity index (χ3n) is 2.98. The number of carboxylic acids is 1. The number of aryl methyl sites for hydroxylation is 1. The van der Waals surface area contributed by atoms with Gasteiger partial charge in [-0.25, -0.2) is 4.39 Å². The normalized spacial score (nSPS) is 11.7. The van der Waals surface area contributed by atoms with E-state index in [0.717, 1.165) is 5.56 Å². The van der Waals surface area contributed by atoms with Gasteiger partial charge in [0.15, 0.2) is 11.6 Å². The smallest absolute Gasteiger partial charge is 0.309 e. The molecule has 0 heterocycles. The van der Waals surface area contributed by atoms with Crippen LogP contribution in [0.5, 0.6) is 5.75 Å². The molecule has 106 valence electrons. The maximum absolute atomic E-state index is 13.7. The van der Waals surface area contributed by atoms with E-state index in [4.69, 9.17) is 9.84 Å². The second kappa shape index (κ2) is 6.04. The molecule has 0 fully saturated rings. The van der Waals surface area contributed by atoms with Crippen LogP contribution >= 0.6 is 0 Å². The quantitative estimate of drug-likeness (QED) is 0.856. The number of benzene rings is 1. The van der Waals surface area contributed by atoms with E-state index in [1.165, 1.54) is 6.07 Å². The van der Waals surface area contributed by atoms with Crippen LogP contribution in [0, 0.1) is 11.2 Å². The van der Waals surface area contributed by atoms with Crippen molar-refractivity contribution in [1.82, 2.24) is 0 Å². The molecule has 1 aromatic rings. The maximum Gasteiger partial charge on any atom is 0.309 e. The summed E-state index contributed by atoms with van der Waals surface area (Å²) < 4.78 is 19.1. The zero-order chi connectivity index (χ0) is 14.6. The fraction of sp³-hybridized carbons (Fsp3) is 0.533. The second-order valence-electron chi connectivity index (χ2n) is 5.62. The Hall–Kier alpha value is -1.58. The van der Waals surface area contributed by atoms with Gasteiger partial charge in [-0.3, -0.25) is 4.79 Å². The third-order valence-corrected chi connectivity index (χ3v) is 2.98. The highest BCUT2D eigenvalue weighted by atomic mass is 19.1. The Morgan fingerprint density at radius 3 is 2.53 bits per heavy atom. The number of rotatable bonds is 6. The van der Waals surface area contributed by atoms with Crippen LogP contribution < -0.4 is 4.74 Å². The van der Waals surface area contributed by atoms with Gasteiger partial charge in [-0.2, -0.15) is 0 Å². The highest BCUT2D eigenvalue weighted by molar-refractivity contribution is 5.73. The Labute approximate surface area is 113 Å². The second-order valence-corrected chi connectivity index (χ2v) is 5.62. The van der Waals surface area contributed by atoms with Gasteiger partial charge >= 0.3 is 5.97 Å². The van der Waals surface area contributed by atoms with Gasteiger partial charge in [0.1, 0.15) is 0 Å². The highest BCUT2D eigenvalue weighted by Crippen LogP contribution is 2.25. The van der Waals surface area contributed by atoms with E-state index in [1.807, 2.05) is 13.8 Å². The summed E-state index contributed by atoms with van der Waals surface area (Å²) in [6.07, 6.45) is 0.913.